The Morgan fingerprint density at radius 3 is 2.54 bits per heavy atom. The summed E-state index contributed by atoms with van der Waals surface area (Å²) < 4.78 is 0. The summed E-state index contributed by atoms with van der Waals surface area (Å²) >= 11 is 0. The number of halogens is 2. The summed E-state index contributed by atoms with van der Waals surface area (Å²) in [6, 6.07) is 1.42. The fraction of sp³-hybridized carbons (Fsp3) is 0.429. The minimum Gasteiger partial charge on any atom is -0.345 e. The van der Waals surface area contributed by atoms with Crippen molar-refractivity contribution in [1.29, 1.82) is 0 Å². The Balaban J connectivity index is 0.00000144. The largest absolute Gasteiger partial charge is 0.345 e. The molecular weight excluding hydrogens is 357 g/mol. The first-order valence-corrected chi connectivity index (χ1v) is 7.18. The molecule has 2 aromatic heterocycles. The van der Waals surface area contributed by atoms with Crippen molar-refractivity contribution in [3.05, 3.63) is 38.7 Å². The van der Waals surface area contributed by atoms with E-state index < -0.39 is 11.2 Å². The number of carbonyl (C=O) groups is 1. The van der Waals surface area contributed by atoms with E-state index in [1.165, 1.54) is 12.3 Å². The Kier molecular flexibility index (Phi) is 6.53. The van der Waals surface area contributed by atoms with Crippen LogP contribution in [-0.4, -0.2) is 32.9 Å². The lowest BCUT2D eigenvalue weighted by molar-refractivity contribution is 0.0903. The lowest BCUT2D eigenvalue weighted by atomic mass is 9.97. The highest BCUT2D eigenvalue weighted by molar-refractivity contribution is 5.97. The number of carbonyl (C=O) groups excluding carboxylic acids is 1. The number of aromatic nitrogens is 3. The molecule has 0 spiro atoms. The molecular formula is C14H19Cl2N5O3. The number of nitrogens with zero attached hydrogens (tertiary/aromatic N) is 1. The van der Waals surface area contributed by atoms with Gasteiger partial charge in [0.1, 0.15) is 5.65 Å². The maximum Gasteiger partial charge on any atom is 0.327 e. The maximum absolute atomic E-state index is 12.4. The molecule has 1 amide bonds. The number of fused-ring (bicyclic) bond motifs is 1. The van der Waals surface area contributed by atoms with Crippen LogP contribution >= 0.6 is 24.8 Å². The zero-order valence-corrected chi connectivity index (χ0v) is 14.4. The molecule has 0 unspecified atom stereocenters. The monoisotopic (exact) mass is 375 g/mol. The Morgan fingerprint density at radius 2 is 1.92 bits per heavy atom. The molecule has 1 aliphatic rings. The molecule has 0 radical (unpaired) electrons. The minimum absolute atomic E-state index is 0. The van der Waals surface area contributed by atoms with Crippen LogP contribution in [0.1, 0.15) is 36.0 Å². The first kappa shape index (κ1) is 20.1. The second-order valence-electron chi connectivity index (χ2n) is 5.67. The van der Waals surface area contributed by atoms with Crippen LogP contribution in [0.15, 0.2) is 21.9 Å². The molecule has 0 aliphatic heterocycles. The molecule has 10 heteroatoms. The third kappa shape index (κ3) is 3.77. The maximum atomic E-state index is 12.4. The van der Waals surface area contributed by atoms with E-state index in [1.807, 2.05) is 0 Å². The van der Waals surface area contributed by atoms with Crippen molar-refractivity contribution < 1.29 is 4.79 Å². The molecule has 5 N–H and O–H groups in total. The summed E-state index contributed by atoms with van der Waals surface area (Å²) in [5.41, 5.74) is 4.65. The fourth-order valence-electron chi connectivity index (χ4n) is 2.92. The Bertz CT molecular complexity index is 842. The molecule has 2 aromatic rings. The Morgan fingerprint density at radius 1 is 1.25 bits per heavy atom. The van der Waals surface area contributed by atoms with Gasteiger partial charge in [0.15, 0.2) is 0 Å². The number of H-pyrrole nitrogens is 2. The Labute approximate surface area is 149 Å². The van der Waals surface area contributed by atoms with Crippen molar-refractivity contribution in [2.75, 3.05) is 6.54 Å². The van der Waals surface area contributed by atoms with Crippen LogP contribution in [0.4, 0.5) is 0 Å². The Hall–Kier alpha value is -1.90. The minimum atomic E-state index is -0.629. The third-order valence-corrected chi connectivity index (χ3v) is 4.18. The van der Waals surface area contributed by atoms with E-state index in [4.69, 9.17) is 5.73 Å². The molecule has 1 fully saturated rings. The van der Waals surface area contributed by atoms with Gasteiger partial charge < -0.3 is 11.1 Å². The smallest absolute Gasteiger partial charge is 0.327 e. The predicted molar refractivity (Wildman–Crippen MR) is 95.2 cm³/mol. The van der Waals surface area contributed by atoms with E-state index in [2.05, 4.69) is 20.3 Å². The number of rotatable bonds is 3. The summed E-state index contributed by atoms with van der Waals surface area (Å²) in [7, 11) is 0. The number of amides is 1. The number of hydrogen-bond donors (Lipinski definition) is 4. The van der Waals surface area contributed by atoms with Crippen LogP contribution < -0.4 is 22.3 Å². The highest BCUT2D eigenvalue weighted by Crippen LogP contribution is 2.28. The lowest BCUT2D eigenvalue weighted by Gasteiger charge is -2.28. The van der Waals surface area contributed by atoms with Crippen molar-refractivity contribution in [3.63, 3.8) is 0 Å². The lowest BCUT2D eigenvalue weighted by Crippen LogP contribution is -2.51. The normalized spacial score (nSPS) is 15.4. The molecule has 0 aromatic carbocycles. The van der Waals surface area contributed by atoms with Crippen LogP contribution in [0.25, 0.3) is 11.0 Å². The van der Waals surface area contributed by atoms with Crippen molar-refractivity contribution in [2.24, 2.45) is 5.73 Å². The van der Waals surface area contributed by atoms with Gasteiger partial charge in [0.25, 0.3) is 11.5 Å². The van der Waals surface area contributed by atoms with E-state index >= 15 is 0 Å². The van der Waals surface area contributed by atoms with Gasteiger partial charge in [0, 0.05) is 12.7 Å². The number of nitrogens with two attached hydrogens (primary N) is 1. The molecule has 24 heavy (non-hydrogen) atoms. The van der Waals surface area contributed by atoms with Crippen molar-refractivity contribution in [1.82, 2.24) is 20.3 Å². The average Bonchev–Trinajstić information content (AvgIpc) is 2.96. The van der Waals surface area contributed by atoms with E-state index in [-0.39, 0.29) is 52.9 Å². The SMILES string of the molecule is Cl.Cl.NCC1(NC(=O)c2cnc3[nH]c(=O)[nH]c(=O)c3c2)CCCC1. The zero-order valence-electron chi connectivity index (χ0n) is 12.8. The quantitative estimate of drug-likeness (QED) is 0.617. The van der Waals surface area contributed by atoms with Gasteiger partial charge in [0.2, 0.25) is 0 Å². The van der Waals surface area contributed by atoms with Gasteiger partial charge in [-0.05, 0) is 18.9 Å². The summed E-state index contributed by atoms with van der Waals surface area (Å²) in [5, 5.41) is 3.13. The number of nitrogens with one attached hydrogen (secondary N) is 3. The van der Waals surface area contributed by atoms with Crippen molar-refractivity contribution in [2.45, 2.75) is 31.2 Å². The van der Waals surface area contributed by atoms with E-state index in [0.29, 0.717) is 6.54 Å². The summed E-state index contributed by atoms with van der Waals surface area (Å²) in [6.07, 6.45) is 5.11. The van der Waals surface area contributed by atoms with E-state index in [0.717, 1.165) is 25.7 Å². The first-order chi connectivity index (χ1) is 10.5. The van der Waals surface area contributed by atoms with Gasteiger partial charge >= 0.3 is 5.69 Å². The third-order valence-electron chi connectivity index (χ3n) is 4.18. The zero-order chi connectivity index (χ0) is 15.7. The molecule has 1 aliphatic carbocycles. The summed E-state index contributed by atoms with van der Waals surface area (Å²) in [6.45, 7) is 0.383. The van der Waals surface area contributed by atoms with Crippen LogP contribution in [0.2, 0.25) is 0 Å². The molecule has 0 atom stereocenters. The van der Waals surface area contributed by atoms with Gasteiger partial charge in [-0.2, -0.15) is 0 Å². The average molecular weight is 376 g/mol. The van der Waals surface area contributed by atoms with Crippen LogP contribution in [0, 0.1) is 0 Å². The number of pyridine rings is 1. The van der Waals surface area contributed by atoms with E-state index in [9.17, 15) is 14.4 Å². The standard InChI is InChI=1S/C14H17N5O3.2ClH/c15-7-14(3-1-2-4-14)19-11(20)8-5-9-10(16-6-8)17-13(22)18-12(9)21;;/h5-6H,1-4,7,15H2,(H,19,20)(H2,16,17,18,21,22);2*1H. The molecule has 0 bridgehead atoms. The molecule has 1 saturated carbocycles. The fourth-order valence-corrected chi connectivity index (χ4v) is 2.92. The molecule has 0 saturated heterocycles. The predicted octanol–water partition coefficient (Wildman–Crippen LogP) is 0.456. The van der Waals surface area contributed by atoms with Crippen molar-refractivity contribution >= 4 is 41.8 Å². The molecule has 2 heterocycles. The van der Waals surface area contributed by atoms with Crippen LogP contribution in [0.5, 0.6) is 0 Å². The second-order valence-corrected chi connectivity index (χ2v) is 5.67. The van der Waals surface area contributed by atoms with Gasteiger partial charge in [-0.25, -0.2) is 9.78 Å². The second kappa shape index (κ2) is 7.78. The topological polar surface area (TPSA) is 134 Å². The number of aromatic amines is 2. The first-order valence-electron chi connectivity index (χ1n) is 7.18. The van der Waals surface area contributed by atoms with Gasteiger partial charge in [-0.3, -0.25) is 19.6 Å². The van der Waals surface area contributed by atoms with Crippen molar-refractivity contribution in [3.8, 4) is 0 Å². The number of hydrogen-bond acceptors (Lipinski definition) is 5. The van der Waals surface area contributed by atoms with Crippen LogP contribution in [-0.2, 0) is 0 Å². The van der Waals surface area contributed by atoms with Gasteiger partial charge in [0.05, 0.1) is 16.5 Å². The van der Waals surface area contributed by atoms with Crippen LogP contribution in [0.3, 0.4) is 0 Å². The summed E-state index contributed by atoms with van der Waals surface area (Å²) in [4.78, 5) is 43.9. The summed E-state index contributed by atoms with van der Waals surface area (Å²) in [5.74, 6) is -0.313. The van der Waals surface area contributed by atoms with E-state index in [1.54, 1.807) is 0 Å². The highest BCUT2D eigenvalue weighted by atomic mass is 35.5. The van der Waals surface area contributed by atoms with Gasteiger partial charge in [-0.1, -0.05) is 12.8 Å². The molecule has 8 nitrogen and oxygen atoms in total. The molecule has 3 rings (SSSR count). The van der Waals surface area contributed by atoms with Gasteiger partial charge in [-0.15, -0.1) is 24.8 Å². The highest BCUT2D eigenvalue weighted by Gasteiger charge is 2.34. The molecule has 132 valence electrons.